The standard InChI is InChI=1S/C15H19FN4/c1-3-13-14(4-2)19-20-15(18-13)17-10-9-11-5-7-12(16)8-6-11/h5-8H,3-4,9-10H2,1-2H3,(H,17,18,20). The van der Waals surface area contributed by atoms with Crippen LogP contribution in [0.1, 0.15) is 30.8 Å². The number of nitrogens with zero attached hydrogens (tertiary/aromatic N) is 3. The number of rotatable bonds is 6. The van der Waals surface area contributed by atoms with Crippen LogP contribution in [0.4, 0.5) is 10.3 Å². The zero-order valence-corrected chi connectivity index (χ0v) is 11.9. The van der Waals surface area contributed by atoms with Gasteiger partial charge in [-0.15, -0.1) is 5.10 Å². The Bertz CT molecular complexity index is 554. The predicted octanol–water partition coefficient (Wildman–Crippen LogP) is 2.79. The number of aryl methyl sites for hydroxylation is 2. The van der Waals surface area contributed by atoms with Gasteiger partial charge in [-0.1, -0.05) is 26.0 Å². The minimum Gasteiger partial charge on any atom is -0.353 e. The maximum Gasteiger partial charge on any atom is 0.242 e. The minimum atomic E-state index is -0.211. The van der Waals surface area contributed by atoms with Gasteiger partial charge in [0.15, 0.2) is 0 Å². The molecular formula is C15H19FN4. The molecule has 0 atom stereocenters. The molecule has 1 heterocycles. The third kappa shape index (κ3) is 3.73. The quantitative estimate of drug-likeness (QED) is 0.880. The average molecular weight is 274 g/mol. The lowest BCUT2D eigenvalue weighted by Gasteiger charge is -2.07. The molecule has 2 rings (SSSR count). The van der Waals surface area contributed by atoms with Crippen LogP contribution >= 0.6 is 0 Å². The summed E-state index contributed by atoms with van der Waals surface area (Å²) in [6.07, 6.45) is 2.49. The first-order valence-corrected chi connectivity index (χ1v) is 6.93. The van der Waals surface area contributed by atoms with Crippen molar-refractivity contribution in [3.05, 3.63) is 47.0 Å². The van der Waals surface area contributed by atoms with E-state index in [9.17, 15) is 4.39 Å². The molecule has 106 valence electrons. The first kappa shape index (κ1) is 14.4. The largest absolute Gasteiger partial charge is 0.353 e. The fourth-order valence-electron chi connectivity index (χ4n) is 1.98. The van der Waals surface area contributed by atoms with Crippen LogP contribution < -0.4 is 5.32 Å². The zero-order chi connectivity index (χ0) is 14.4. The van der Waals surface area contributed by atoms with Gasteiger partial charge in [0.05, 0.1) is 11.4 Å². The molecule has 0 bridgehead atoms. The number of nitrogens with one attached hydrogen (secondary N) is 1. The fourth-order valence-corrected chi connectivity index (χ4v) is 1.98. The molecule has 0 spiro atoms. The van der Waals surface area contributed by atoms with Crippen LogP contribution in [0.2, 0.25) is 0 Å². The highest BCUT2D eigenvalue weighted by Crippen LogP contribution is 2.07. The van der Waals surface area contributed by atoms with Crippen LogP contribution in [-0.2, 0) is 19.3 Å². The van der Waals surface area contributed by atoms with E-state index in [-0.39, 0.29) is 5.82 Å². The highest BCUT2D eigenvalue weighted by atomic mass is 19.1. The summed E-state index contributed by atoms with van der Waals surface area (Å²) in [6, 6.07) is 6.51. The number of aromatic nitrogens is 3. The van der Waals surface area contributed by atoms with Gasteiger partial charge in [-0.3, -0.25) is 0 Å². The molecule has 0 radical (unpaired) electrons. The highest BCUT2D eigenvalue weighted by Gasteiger charge is 2.05. The van der Waals surface area contributed by atoms with E-state index in [2.05, 4.69) is 27.4 Å². The van der Waals surface area contributed by atoms with Gasteiger partial charge in [0.2, 0.25) is 5.95 Å². The molecule has 0 aliphatic rings. The Morgan fingerprint density at radius 1 is 1.00 bits per heavy atom. The van der Waals surface area contributed by atoms with Gasteiger partial charge in [0, 0.05) is 6.54 Å². The number of hydrogen-bond donors (Lipinski definition) is 1. The maximum absolute atomic E-state index is 12.8. The van der Waals surface area contributed by atoms with Gasteiger partial charge >= 0.3 is 0 Å². The Hall–Kier alpha value is -2.04. The normalized spacial score (nSPS) is 10.6. The van der Waals surface area contributed by atoms with Crippen molar-refractivity contribution in [3.8, 4) is 0 Å². The van der Waals surface area contributed by atoms with E-state index in [1.165, 1.54) is 12.1 Å². The van der Waals surface area contributed by atoms with Crippen molar-refractivity contribution in [1.82, 2.24) is 15.2 Å². The molecule has 4 nitrogen and oxygen atoms in total. The van der Waals surface area contributed by atoms with E-state index in [4.69, 9.17) is 0 Å². The number of hydrogen-bond acceptors (Lipinski definition) is 4. The molecule has 0 unspecified atom stereocenters. The van der Waals surface area contributed by atoms with Crippen molar-refractivity contribution in [3.63, 3.8) is 0 Å². The summed E-state index contributed by atoms with van der Waals surface area (Å²) in [5, 5.41) is 11.4. The number of benzene rings is 1. The molecule has 0 saturated carbocycles. The van der Waals surface area contributed by atoms with Crippen LogP contribution in [-0.4, -0.2) is 21.7 Å². The maximum atomic E-state index is 12.8. The van der Waals surface area contributed by atoms with Gasteiger partial charge in [-0.25, -0.2) is 9.37 Å². The van der Waals surface area contributed by atoms with Crippen LogP contribution in [0.5, 0.6) is 0 Å². The first-order valence-electron chi connectivity index (χ1n) is 6.93. The minimum absolute atomic E-state index is 0.211. The van der Waals surface area contributed by atoms with E-state index in [0.29, 0.717) is 12.5 Å². The molecule has 5 heteroatoms. The second kappa shape index (κ2) is 6.93. The summed E-state index contributed by atoms with van der Waals surface area (Å²) in [7, 11) is 0. The monoisotopic (exact) mass is 274 g/mol. The van der Waals surface area contributed by atoms with Gasteiger partial charge in [-0.2, -0.15) is 5.10 Å². The number of halogens is 1. The fraction of sp³-hybridized carbons (Fsp3) is 0.400. The molecule has 1 aromatic carbocycles. The van der Waals surface area contributed by atoms with E-state index in [1.807, 2.05) is 6.92 Å². The Balaban J connectivity index is 1.92. The molecule has 1 aromatic heterocycles. The molecule has 1 N–H and O–H groups in total. The van der Waals surface area contributed by atoms with Gasteiger partial charge in [0.25, 0.3) is 0 Å². The van der Waals surface area contributed by atoms with Gasteiger partial charge < -0.3 is 5.32 Å². The van der Waals surface area contributed by atoms with Crippen molar-refractivity contribution < 1.29 is 4.39 Å². The summed E-state index contributed by atoms with van der Waals surface area (Å²) < 4.78 is 12.8. The third-order valence-electron chi connectivity index (χ3n) is 3.12. The van der Waals surface area contributed by atoms with Gasteiger partial charge in [0.1, 0.15) is 5.82 Å². The molecule has 0 saturated heterocycles. The summed E-state index contributed by atoms with van der Waals surface area (Å²) in [5.41, 5.74) is 3.02. The van der Waals surface area contributed by atoms with Crippen LogP contribution in [0, 0.1) is 5.82 Å². The molecule has 2 aromatic rings. The molecule has 0 amide bonds. The second-order valence-corrected chi connectivity index (χ2v) is 4.54. The molecular weight excluding hydrogens is 255 g/mol. The Labute approximate surface area is 118 Å². The second-order valence-electron chi connectivity index (χ2n) is 4.54. The highest BCUT2D eigenvalue weighted by molar-refractivity contribution is 5.26. The summed E-state index contributed by atoms with van der Waals surface area (Å²) in [5.74, 6) is 0.346. The van der Waals surface area contributed by atoms with Crippen molar-refractivity contribution in [1.29, 1.82) is 0 Å². The van der Waals surface area contributed by atoms with Gasteiger partial charge in [-0.05, 0) is 37.0 Å². The number of anilines is 1. The molecule has 0 aliphatic carbocycles. The molecule has 20 heavy (non-hydrogen) atoms. The Kier molecular flexibility index (Phi) is 4.98. The van der Waals surface area contributed by atoms with Crippen molar-refractivity contribution in [2.75, 3.05) is 11.9 Å². The molecule has 0 fully saturated rings. The average Bonchev–Trinajstić information content (AvgIpc) is 2.49. The summed E-state index contributed by atoms with van der Waals surface area (Å²) in [4.78, 5) is 4.46. The lowest BCUT2D eigenvalue weighted by atomic mass is 10.1. The van der Waals surface area contributed by atoms with Crippen molar-refractivity contribution in [2.45, 2.75) is 33.1 Å². The van der Waals surface area contributed by atoms with E-state index in [0.717, 1.165) is 36.2 Å². The third-order valence-corrected chi connectivity index (χ3v) is 3.12. The SMILES string of the molecule is CCc1nnc(NCCc2ccc(F)cc2)nc1CC. The first-order chi connectivity index (χ1) is 9.72. The summed E-state index contributed by atoms with van der Waals surface area (Å²) in [6.45, 7) is 4.81. The van der Waals surface area contributed by atoms with Crippen molar-refractivity contribution in [2.24, 2.45) is 0 Å². The smallest absolute Gasteiger partial charge is 0.242 e. The van der Waals surface area contributed by atoms with Crippen molar-refractivity contribution >= 4 is 5.95 Å². The lowest BCUT2D eigenvalue weighted by Crippen LogP contribution is -2.12. The lowest BCUT2D eigenvalue weighted by molar-refractivity contribution is 0.627. The van der Waals surface area contributed by atoms with E-state index >= 15 is 0 Å². The Morgan fingerprint density at radius 3 is 2.35 bits per heavy atom. The molecule has 0 aliphatic heterocycles. The van der Waals surface area contributed by atoms with Crippen LogP contribution in [0.3, 0.4) is 0 Å². The summed E-state index contributed by atoms with van der Waals surface area (Å²) >= 11 is 0. The Morgan fingerprint density at radius 2 is 1.70 bits per heavy atom. The van der Waals surface area contributed by atoms with Crippen LogP contribution in [0.15, 0.2) is 24.3 Å². The van der Waals surface area contributed by atoms with E-state index < -0.39 is 0 Å². The topological polar surface area (TPSA) is 50.7 Å². The van der Waals surface area contributed by atoms with Crippen LogP contribution in [0.25, 0.3) is 0 Å². The zero-order valence-electron chi connectivity index (χ0n) is 11.9. The predicted molar refractivity (Wildman–Crippen MR) is 77.2 cm³/mol. The van der Waals surface area contributed by atoms with E-state index in [1.54, 1.807) is 12.1 Å².